The summed E-state index contributed by atoms with van der Waals surface area (Å²) in [5.41, 5.74) is 3.02. The van der Waals surface area contributed by atoms with Crippen molar-refractivity contribution < 1.29 is 18.3 Å². The van der Waals surface area contributed by atoms with Gasteiger partial charge in [-0.05, 0) is 42.7 Å². The SMILES string of the molecule is Cc1cccc2[nH]cc(CCNS(=O)(=O)c3cc(C(=O)O)ccn3)c12. The molecule has 0 radical (unpaired) electrons. The van der Waals surface area contributed by atoms with Gasteiger partial charge in [0.05, 0.1) is 5.56 Å². The van der Waals surface area contributed by atoms with E-state index in [1.54, 1.807) is 0 Å². The molecule has 2 heterocycles. The van der Waals surface area contributed by atoms with Gasteiger partial charge in [-0.3, -0.25) is 0 Å². The number of H-pyrrole nitrogens is 1. The molecule has 0 saturated carbocycles. The van der Waals surface area contributed by atoms with Crippen LogP contribution in [0.2, 0.25) is 0 Å². The number of fused-ring (bicyclic) bond motifs is 1. The summed E-state index contributed by atoms with van der Waals surface area (Å²) in [6.07, 6.45) is 3.54. The Bertz CT molecular complexity index is 1040. The number of aromatic nitrogens is 2. The summed E-state index contributed by atoms with van der Waals surface area (Å²) >= 11 is 0. The maximum atomic E-state index is 12.3. The summed E-state index contributed by atoms with van der Waals surface area (Å²) in [6, 6.07) is 8.22. The van der Waals surface area contributed by atoms with E-state index in [9.17, 15) is 13.2 Å². The van der Waals surface area contributed by atoms with E-state index < -0.39 is 16.0 Å². The van der Waals surface area contributed by atoms with Crippen LogP contribution in [0.4, 0.5) is 0 Å². The molecule has 7 nitrogen and oxygen atoms in total. The highest BCUT2D eigenvalue weighted by atomic mass is 32.2. The van der Waals surface area contributed by atoms with E-state index in [2.05, 4.69) is 14.7 Å². The Morgan fingerprint density at radius 3 is 2.88 bits per heavy atom. The zero-order chi connectivity index (χ0) is 18.0. The molecule has 0 fully saturated rings. The minimum absolute atomic E-state index is 0.123. The van der Waals surface area contributed by atoms with Crippen LogP contribution in [-0.2, 0) is 16.4 Å². The molecule has 8 heteroatoms. The monoisotopic (exact) mass is 359 g/mol. The molecule has 0 atom stereocenters. The van der Waals surface area contributed by atoms with E-state index in [0.29, 0.717) is 6.42 Å². The molecule has 0 aliphatic rings. The van der Waals surface area contributed by atoms with Gasteiger partial charge in [-0.2, -0.15) is 0 Å². The molecule has 0 aliphatic heterocycles. The number of hydrogen-bond donors (Lipinski definition) is 3. The third kappa shape index (κ3) is 3.54. The normalized spacial score (nSPS) is 11.7. The zero-order valence-electron chi connectivity index (χ0n) is 13.5. The average molecular weight is 359 g/mol. The number of carboxylic acid groups (broad SMARTS) is 1. The number of benzene rings is 1. The second-order valence-corrected chi connectivity index (χ2v) is 7.36. The first-order valence-electron chi connectivity index (χ1n) is 7.63. The largest absolute Gasteiger partial charge is 0.478 e. The van der Waals surface area contributed by atoms with Crippen LogP contribution >= 0.6 is 0 Å². The number of carbonyl (C=O) groups is 1. The Kier molecular flexibility index (Phi) is 4.56. The predicted octanol–water partition coefficient (Wildman–Crippen LogP) is 2.09. The Morgan fingerprint density at radius 2 is 2.12 bits per heavy atom. The number of sulfonamides is 1. The Hall–Kier alpha value is -2.71. The van der Waals surface area contributed by atoms with Crippen LogP contribution in [0.3, 0.4) is 0 Å². The van der Waals surface area contributed by atoms with Gasteiger partial charge < -0.3 is 10.1 Å². The average Bonchev–Trinajstić information content (AvgIpc) is 2.99. The molecule has 3 N–H and O–H groups in total. The topological polar surface area (TPSA) is 112 Å². The molecule has 3 aromatic rings. The van der Waals surface area contributed by atoms with E-state index in [4.69, 9.17) is 5.11 Å². The molecule has 130 valence electrons. The smallest absolute Gasteiger partial charge is 0.335 e. The fourth-order valence-corrected chi connectivity index (χ4v) is 3.73. The van der Waals surface area contributed by atoms with Gasteiger partial charge in [0.15, 0.2) is 5.03 Å². The lowest BCUT2D eigenvalue weighted by Crippen LogP contribution is -2.27. The first-order valence-corrected chi connectivity index (χ1v) is 9.11. The van der Waals surface area contributed by atoms with E-state index in [1.165, 1.54) is 12.3 Å². The minimum Gasteiger partial charge on any atom is -0.478 e. The van der Waals surface area contributed by atoms with Crippen LogP contribution in [0, 0.1) is 6.92 Å². The number of nitrogens with zero attached hydrogens (tertiary/aromatic N) is 1. The number of hydrogen-bond acceptors (Lipinski definition) is 4. The number of carboxylic acids is 1. The van der Waals surface area contributed by atoms with Crippen molar-refractivity contribution >= 4 is 26.9 Å². The third-order valence-corrected chi connectivity index (χ3v) is 5.30. The van der Waals surface area contributed by atoms with Crippen molar-refractivity contribution in [3.8, 4) is 0 Å². The number of aromatic amines is 1. The highest BCUT2D eigenvalue weighted by molar-refractivity contribution is 7.89. The van der Waals surface area contributed by atoms with Crippen molar-refractivity contribution in [2.24, 2.45) is 0 Å². The molecule has 0 bridgehead atoms. The van der Waals surface area contributed by atoms with Gasteiger partial charge in [0.25, 0.3) is 10.0 Å². The molecule has 25 heavy (non-hydrogen) atoms. The van der Waals surface area contributed by atoms with E-state index in [-0.39, 0.29) is 17.1 Å². The van der Waals surface area contributed by atoms with Gasteiger partial charge in [-0.15, -0.1) is 0 Å². The number of pyridine rings is 1. The maximum Gasteiger partial charge on any atom is 0.335 e. The Morgan fingerprint density at radius 1 is 1.32 bits per heavy atom. The van der Waals surface area contributed by atoms with Crippen molar-refractivity contribution in [2.45, 2.75) is 18.4 Å². The van der Waals surface area contributed by atoms with Gasteiger partial charge in [-0.1, -0.05) is 12.1 Å². The van der Waals surface area contributed by atoms with Gasteiger partial charge in [-0.25, -0.2) is 22.9 Å². The number of aryl methyl sites for hydroxylation is 1. The van der Waals surface area contributed by atoms with Gasteiger partial charge >= 0.3 is 5.97 Å². The first kappa shape index (κ1) is 17.1. The summed E-state index contributed by atoms with van der Waals surface area (Å²) in [5.74, 6) is -1.20. The second kappa shape index (κ2) is 6.66. The van der Waals surface area contributed by atoms with Crippen molar-refractivity contribution in [3.63, 3.8) is 0 Å². The van der Waals surface area contributed by atoms with E-state index >= 15 is 0 Å². The van der Waals surface area contributed by atoms with Crippen molar-refractivity contribution in [1.29, 1.82) is 0 Å². The summed E-state index contributed by atoms with van der Waals surface area (Å²) in [5, 5.41) is 9.74. The van der Waals surface area contributed by atoms with Crippen molar-refractivity contribution in [1.82, 2.24) is 14.7 Å². The lowest BCUT2D eigenvalue weighted by molar-refractivity contribution is 0.0696. The lowest BCUT2D eigenvalue weighted by atomic mass is 10.1. The third-order valence-electron chi connectivity index (χ3n) is 3.94. The lowest BCUT2D eigenvalue weighted by Gasteiger charge is -2.07. The molecular formula is C17H17N3O4S. The standard InChI is InChI=1S/C17H17N3O4S/c1-11-3-2-4-14-16(11)13(10-19-14)6-8-20-25(23,24)15-9-12(17(21)22)5-7-18-15/h2-5,7,9-10,19-20H,6,8H2,1H3,(H,21,22). The molecule has 2 aromatic heterocycles. The number of aromatic carboxylic acids is 1. The molecule has 0 spiro atoms. The molecule has 0 aliphatic carbocycles. The first-order chi connectivity index (χ1) is 11.9. The molecule has 3 rings (SSSR count). The second-order valence-electron chi connectivity index (χ2n) is 5.65. The van der Waals surface area contributed by atoms with E-state index in [1.807, 2.05) is 31.3 Å². The molecule has 0 unspecified atom stereocenters. The Labute approximate surface area is 144 Å². The van der Waals surface area contributed by atoms with Crippen LogP contribution in [0.1, 0.15) is 21.5 Å². The minimum atomic E-state index is -3.87. The van der Waals surface area contributed by atoms with Crippen molar-refractivity contribution in [2.75, 3.05) is 6.54 Å². The highest BCUT2D eigenvalue weighted by Crippen LogP contribution is 2.22. The number of nitrogens with one attached hydrogen (secondary N) is 2. The van der Waals surface area contributed by atoms with Crippen LogP contribution in [0.15, 0.2) is 47.8 Å². The summed E-state index contributed by atoms with van der Waals surface area (Å²) in [4.78, 5) is 17.9. The van der Waals surface area contributed by atoms with E-state index in [0.717, 1.165) is 28.1 Å². The maximum absolute atomic E-state index is 12.3. The fourth-order valence-electron chi connectivity index (χ4n) is 2.73. The van der Waals surface area contributed by atoms with Crippen molar-refractivity contribution in [3.05, 3.63) is 59.4 Å². The Balaban J connectivity index is 1.74. The van der Waals surface area contributed by atoms with Gasteiger partial charge in [0.2, 0.25) is 0 Å². The molecular weight excluding hydrogens is 342 g/mol. The predicted molar refractivity (Wildman–Crippen MR) is 93.1 cm³/mol. The van der Waals surface area contributed by atoms with Gasteiger partial charge in [0, 0.05) is 29.8 Å². The highest BCUT2D eigenvalue weighted by Gasteiger charge is 2.17. The van der Waals surface area contributed by atoms with Crippen LogP contribution < -0.4 is 4.72 Å². The fraction of sp³-hybridized carbons (Fsp3) is 0.176. The van der Waals surface area contributed by atoms with Gasteiger partial charge in [0.1, 0.15) is 0 Å². The van der Waals surface area contributed by atoms with Crippen LogP contribution in [0.5, 0.6) is 0 Å². The summed E-state index contributed by atoms with van der Waals surface area (Å²) < 4.78 is 27.1. The molecule has 0 saturated heterocycles. The summed E-state index contributed by atoms with van der Waals surface area (Å²) in [6.45, 7) is 2.19. The quantitative estimate of drug-likeness (QED) is 0.624. The molecule has 0 amide bonds. The molecule has 1 aromatic carbocycles. The zero-order valence-corrected chi connectivity index (χ0v) is 14.3. The van der Waals surface area contributed by atoms with Crippen LogP contribution in [0.25, 0.3) is 10.9 Å². The summed E-state index contributed by atoms with van der Waals surface area (Å²) in [7, 11) is -3.87. The number of rotatable bonds is 6. The van der Waals surface area contributed by atoms with Crippen LogP contribution in [-0.4, -0.2) is 36.0 Å².